The molecule has 168 valence electrons. The predicted molar refractivity (Wildman–Crippen MR) is 124 cm³/mol. The second-order valence-electron chi connectivity index (χ2n) is 7.35. The molecule has 0 fully saturated rings. The number of anilines is 2. The molecule has 5 aromatic rings. The number of hydrogen-bond acceptors (Lipinski definition) is 8. The number of carboxylic acid groups (broad SMARTS) is 1. The molecule has 0 aliphatic rings. The van der Waals surface area contributed by atoms with E-state index >= 15 is 0 Å². The van der Waals surface area contributed by atoms with E-state index in [2.05, 4.69) is 25.4 Å². The second-order valence-corrected chi connectivity index (χ2v) is 7.35. The minimum absolute atomic E-state index is 0.228. The van der Waals surface area contributed by atoms with Crippen LogP contribution in [0.4, 0.5) is 16.5 Å². The average Bonchev–Trinajstić information content (AvgIpc) is 3.47. The SMILES string of the molecule is Cc1noc(-c2ccc(-c3ccc(OC(=O)O)cc3)cc2)c1Nc1nnc(-c2ccccc2)o1. The van der Waals surface area contributed by atoms with E-state index in [4.69, 9.17) is 14.0 Å². The molecule has 34 heavy (non-hydrogen) atoms. The van der Waals surface area contributed by atoms with Crippen molar-refractivity contribution in [3.63, 3.8) is 0 Å². The van der Waals surface area contributed by atoms with E-state index < -0.39 is 6.16 Å². The molecule has 9 heteroatoms. The molecule has 0 aliphatic heterocycles. The molecular formula is C25H18N4O5. The number of rotatable bonds is 6. The van der Waals surface area contributed by atoms with Gasteiger partial charge in [-0.3, -0.25) is 0 Å². The van der Waals surface area contributed by atoms with Gasteiger partial charge in [0.25, 0.3) is 0 Å². The molecule has 2 aromatic heterocycles. The minimum atomic E-state index is -1.35. The van der Waals surface area contributed by atoms with Crippen LogP contribution in [-0.2, 0) is 0 Å². The molecule has 0 saturated carbocycles. The summed E-state index contributed by atoms with van der Waals surface area (Å²) in [6.07, 6.45) is -1.35. The van der Waals surface area contributed by atoms with Crippen LogP contribution in [0.2, 0.25) is 0 Å². The van der Waals surface area contributed by atoms with Crippen molar-refractivity contribution in [3.8, 4) is 39.7 Å². The van der Waals surface area contributed by atoms with Gasteiger partial charge in [-0.1, -0.05) is 64.9 Å². The Balaban J connectivity index is 1.36. The molecule has 0 spiro atoms. The number of carbonyl (C=O) groups is 1. The third-order valence-electron chi connectivity index (χ3n) is 5.08. The van der Waals surface area contributed by atoms with Gasteiger partial charge in [-0.15, -0.1) is 5.10 Å². The van der Waals surface area contributed by atoms with Crippen LogP contribution in [0.15, 0.2) is 87.8 Å². The highest BCUT2D eigenvalue weighted by atomic mass is 16.7. The summed E-state index contributed by atoms with van der Waals surface area (Å²) in [5.41, 5.74) is 4.76. The average molecular weight is 454 g/mol. The molecule has 0 aliphatic carbocycles. The molecule has 2 heterocycles. The second kappa shape index (κ2) is 8.91. The van der Waals surface area contributed by atoms with Gasteiger partial charge in [0, 0.05) is 11.1 Å². The quantitative estimate of drug-likeness (QED) is 0.229. The topological polar surface area (TPSA) is 124 Å². The zero-order valence-electron chi connectivity index (χ0n) is 17.9. The zero-order valence-corrected chi connectivity index (χ0v) is 17.9. The largest absolute Gasteiger partial charge is 0.511 e. The Bertz CT molecular complexity index is 1420. The van der Waals surface area contributed by atoms with Crippen molar-refractivity contribution >= 4 is 17.9 Å². The Morgan fingerprint density at radius 1 is 0.853 bits per heavy atom. The van der Waals surface area contributed by atoms with Gasteiger partial charge in [0.15, 0.2) is 5.76 Å². The molecule has 2 N–H and O–H groups in total. The molecular weight excluding hydrogens is 436 g/mol. The summed E-state index contributed by atoms with van der Waals surface area (Å²) in [6.45, 7) is 1.82. The van der Waals surface area contributed by atoms with E-state index in [1.807, 2.05) is 61.5 Å². The number of aromatic nitrogens is 3. The third kappa shape index (κ3) is 4.35. The summed E-state index contributed by atoms with van der Waals surface area (Å²) in [5.74, 6) is 1.20. The lowest BCUT2D eigenvalue weighted by Gasteiger charge is -2.06. The van der Waals surface area contributed by atoms with Gasteiger partial charge in [-0.05, 0) is 42.3 Å². The molecule has 9 nitrogen and oxygen atoms in total. The summed E-state index contributed by atoms with van der Waals surface area (Å²) in [7, 11) is 0. The van der Waals surface area contributed by atoms with Crippen LogP contribution >= 0.6 is 0 Å². The lowest BCUT2D eigenvalue weighted by molar-refractivity contribution is 0.144. The highest BCUT2D eigenvalue weighted by Gasteiger charge is 2.18. The lowest BCUT2D eigenvalue weighted by atomic mass is 10.0. The molecule has 0 radical (unpaired) electrons. The van der Waals surface area contributed by atoms with Crippen molar-refractivity contribution in [1.29, 1.82) is 0 Å². The smallest absolute Gasteiger partial charge is 0.449 e. The standard InChI is InChI=1S/C25H18N4O5/c1-15-21(26-24-28-27-23(33-24)19-5-3-2-4-6-19)22(34-29-15)18-9-7-16(8-10-18)17-11-13-20(14-12-17)32-25(30)31/h2-14H,1H3,(H,26,28)(H,30,31). The first-order chi connectivity index (χ1) is 16.6. The number of nitrogens with one attached hydrogen (secondary N) is 1. The van der Waals surface area contributed by atoms with Crippen molar-refractivity contribution < 1.29 is 23.6 Å². The zero-order chi connectivity index (χ0) is 23.5. The van der Waals surface area contributed by atoms with Crippen LogP contribution in [0.5, 0.6) is 5.75 Å². The monoisotopic (exact) mass is 454 g/mol. The van der Waals surface area contributed by atoms with Crippen molar-refractivity contribution in [2.75, 3.05) is 5.32 Å². The molecule has 0 amide bonds. The van der Waals surface area contributed by atoms with E-state index in [1.165, 1.54) is 0 Å². The fourth-order valence-corrected chi connectivity index (χ4v) is 3.42. The molecule has 0 bridgehead atoms. The normalized spacial score (nSPS) is 10.7. The number of ether oxygens (including phenoxy) is 1. The van der Waals surface area contributed by atoms with Crippen molar-refractivity contribution in [2.24, 2.45) is 0 Å². The summed E-state index contributed by atoms with van der Waals surface area (Å²) in [4.78, 5) is 10.7. The van der Waals surface area contributed by atoms with E-state index in [0.717, 1.165) is 22.3 Å². The molecule has 0 saturated heterocycles. The van der Waals surface area contributed by atoms with E-state index in [9.17, 15) is 4.79 Å². The molecule has 5 rings (SSSR count). The molecule has 3 aromatic carbocycles. The minimum Gasteiger partial charge on any atom is -0.449 e. The predicted octanol–water partition coefficient (Wildman–Crippen LogP) is 6.17. The number of nitrogens with zero attached hydrogens (tertiary/aromatic N) is 3. The van der Waals surface area contributed by atoms with Crippen LogP contribution in [0.25, 0.3) is 33.9 Å². The highest BCUT2D eigenvalue weighted by Crippen LogP contribution is 2.34. The molecule has 0 atom stereocenters. The first-order valence-electron chi connectivity index (χ1n) is 10.3. The fraction of sp³-hybridized carbons (Fsp3) is 0.0400. The van der Waals surface area contributed by atoms with Gasteiger partial charge in [-0.2, -0.15) is 0 Å². The summed E-state index contributed by atoms with van der Waals surface area (Å²) >= 11 is 0. The highest BCUT2D eigenvalue weighted by molar-refractivity contribution is 5.78. The Labute approximate surface area is 193 Å². The van der Waals surface area contributed by atoms with Gasteiger partial charge in [0.05, 0.1) is 0 Å². The Kier molecular flexibility index (Phi) is 5.49. The maximum absolute atomic E-state index is 10.7. The van der Waals surface area contributed by atoms with Gasteiger partial charge in [0.2, 0.25) is 5.89 Å². The van der Waals surface area contributed by atoms with Crippen molar-refractivity contribution in [3.05, 3.63) is 84.6 Å². The summed E-state index contributed by atoms with van der Waals surface area (Å²) in [6, 6.07) is 24.2. The number of aryl methyl sites for hydroxylation is 1. The Hall–Kier alpha value is -4.92. The lowest BCUT2D eigenvalue weighted by Crippen LogP contribution is -2.02. The first-order valence-corrected chi connectivity index (χ1v) is 10.3. The Morgan fingerprint density at radius 2 is 1.50 bits per heavy atom. The van der Waals surface area contributed by atoms with E-state index in [1.54, 1.807) is 24.3 Å². The van der Waals surface area contributed by atoms with Gasteiger partial charge in [0.1, 0.15) is 17.1 Å². The van der Waals surface area contributed by atoms with Crippen molar-refractivity contribution in [1.82, 2.24) is 15.4 Å². The van der Waals surface area contributed by atoms with Crippen LogP contribution in [0.3, 0.4) is 0 Å². The van der Waals surface area contributed by atoms with Crippen LogP contribution in [-0.4, -0.2) is 26.6 Å². The summed E-state index contributed by atoms with van der Waals surface area (Å²) < 4.78 is 16.0. The van der Waals surface area contributed by atoms with Crippen molar-refractivity contribution in [2.45, 2.75) is 6.92 Å². The van der Waals surface area contributed by atoms with Crippen LogP contribution in [0.1, 0.15) is 5.69 Å². The third-order valence-corrected chi connectivity index (χ3v) is 5.08. The van der Waals surface area contributed by atoms with E-state index in [-0.39, 0.29) is 11.8 Å². The van der Waals surface area contributed by atoms with E-state index in [0.29, 0.717) is 23.0 Å². The maximum atomic E-state index is 10.7. The van der Waals surface area contributed by atoms with Gasteiger partial charge in [-0.25, -0.2) is 4.79 Å². The first kappa shape index (κ1) is 21.0. The van der Waals surface area contributed by atoms with Crippen LogP contribution in [0, 0.1) is 6.92 Å². The molecule has 0 unspecified atom stereocenters. The number of hydrogen-bond donors (Lipinski definition) is 2. The van der Waals surface area contributed by atoms with Crippen LogP contribution < -0.4 is 10.1 Å². The van der Waals surface area contributed by atoms with Gasteiger partial charge >= 0.3 is 12.2 Å². The van der Waals surface area contributed by atoms with Gasteiger partial charge < -0.3 is 24.1 Å². The number of benzene rings is 3. The Morgan fingerprint density at radius 3 is 2.18 bits per heavy atom. The maximum Gasteiger partial charge on any atom is 0.511 e. The fourth-order valence-electron chi connectivity index (χ4n) is 3.42. The summed E-state index contributed by atoms with van der Waals surface area (Å²) in [5, 5.41) is 24.1.